The summed E-state index contributed by atoms with van der Waals surface area (Å²) in [6.07, 6.45) is 3.28. The highest BCUT2D eigenvalue weighted by molar-refractivity contribution is 5.96. The first kappa shape index (κ1) is 34.4. The number of nitrogens with one attached hydrogen (secondary N) is 6. The number of aliphatic hydroxyl groups is 1. The van der Waals surface area contributed by atoms with Gasteiger partial charge in [-0.25, -0.2) is 9.78 Å². The van der Waals surface area contributed by atoms with Gasteiger partial charge in [0.15, 0.2) is 5.96 Å². The summed E-state index contributed by atoms with van der Waals surface area (Å²) in [4.78, 5) is 84.8. The zero-order valence-electron chi connectivity index (χ0n) is 23.2. The number of hydrogen-bond acceptors (Lipinski definition) is 10. The quantitative estimate of drug-likeness (QED) is 0.0423. The third-order valence-corrected chi connectivity index (χ3v) is 6.38. The van der Waals surface area contributed by atoms with E-state index in [-0.39, 0.29) is 31.8 Å². The van der Waals surface area contributed by atoms with Crippen LogP contribution in [0.1, 0.15) is 37.8 Å². The van der Waals surface area contributed by atoms with Crippen LogP contribution in [0.4, 0.5) is 0 Å². The van der Waals surface area contributed by atoms with Crippen LogP contribution in [0.3, 0.4) is 0 Å². The maximum absolute atomic E-state index is 13.2. The van der Waals surface area contributed by atoms with Crippen LogP contribution in [-0.2, 0) is 35.2 Å². The lowest BCUT2D eigenvalue weighted by molar-refractivity contribution is -0.147. The molecule has 0 saturated carbocycles. The van der Waals surface area contributed by atoms with E-state index in [9.17, 15) is 39.0 Å². The maximum atomic E-state index is 13.2. The molecule has 13 N–H and O–H groups in total. The number of aromatic nitrogens is 2. The Balaban J connectivity index is 2.15. The molecule has 0 unspecified atom stereocenters. The van der Waals surface area contributed by atoms with Crippen LogP contribution in [0.2, 0.25) is 0 Å². The number of aliphatic hydroxyl groups excluding tert-OH is 1. The number of nitrogens with zero attached hydrogens (tertiary/aromatic N) is 2. The molecule has 1 aromatic heterocycles. The summed E-state index contributed by atoms with van der Waals surface area (Å²) in [5.74, 6) is -6.58. The first-order chi connectivity index (χ1) is 20.4. The topological polar surface area (TPSA) is 316 Å². The Morgan fingerprint density at radius 3 is 2.19 bits per heavy atom. The molecule has 43 heavy (non-hydrogen) atoms. The van der Waals surface area contributed by atoms with E-state index < -0.39 is 78.8 Å². The molecule has 0 aliphatic carbocycles. The van der Waals surface area contributed by atoms with Crippen LogP contribution in [0.5, 0.6) is 0 Å². The molecule has 2 heterocycles. The van der Waals surface area contributed by atoms with E-state index in [1.54, 1.807) is 0 Å². The number of hydrogen-bond donors (Lipinski definition) is 11. The standard InChI is InChI=1S/C24H38N10O9/c25-24(26)29-6-2-4-14(20(39)33-16(23(42)43)8-18(36)37)31-22(41)17(10-35)34-21(40)15(7-12-9-27-11-30-12)32-19(38)13-3-1-5-28-13/h9,11,13-17,28,35H,1-8,10H2,(H,27,30)(H,31,41)(H,32,38)(H,33,39)(H,34,40)(H,36,37)(H,42,43)(H4,25,26,29)/t13-,14-,15-,16-,17-/m0/s1. The number of H-pyrrole nitrogens is 1. The number of amides is 4. The first-order valence-electron chi connectivity index (χ1n) is 13.4. The highest BCUT2D eigenvalue weighted by Gasteiger charge is 2.33. The van der Waals surface area contributed by atoms with Gasteiger partial charge in [0.25, 0.3) is 0 Å². The van der Waals surface area contributed by atoms with E-state index in [1.165, 1.54) is 12.5 Å². The van der Waals surface area contributed by atoms with Gasteiger partial charge in [-0.3, -0.25) is 29.0 Å². The Labute approximate surface area is 245 Å². The van der Waals surface area contributed by atoms with Gasteiger partial charge in [0, 0.05) is 24.9 Å². The molecule has 1 fully saturated rings. The number of aliphatic carboxylic acids is 2. The molecule has 19 heteroatoms. The molecule has 1 aliphatic heterocycles. The van der Waals surface area contributed by atoms with Gasteiger partial charge in [0.1, 0.15) is 24.2 Å². The molecule has 0 bridgehead atoms. The lowest BCUT2D eigenvalue weighted by Gasteiger charge is -2.25. The molecule has 2 rings (SSSR count). The first-order valence-corrected chi connectivity index (χ1v) is 13.4. The minimum atomic E-state index is -1.79. The summed E-state index contributed by atoms with van der Waals surface area (Å²) in [7, 11) is 0. The SMILES string of the molecule is NC(N)=NCCC[C@H](NC(=O)[C@H](CO)NC(=O)[C@H](Cc1cnc[nH]1)NC(=O)[C@@H]1CCCN1)C(=O)N[C@@H](CC(=O)O)C(=O)O. The van der Waals surface area contributed by atoms with E-state index in [4.69, 9.17) is 16.6 Å². The van der Waals surface area contributed by atoms with Gasteiger partial charge in [0.2, 0.25) is 23.6 Å². The van der Waals surface area contributed by atoms with E-state index in [0.717, 1.165) is 6.42 Å². The Kier molecular flexibility index (Phi) is 13.8. The minimum Gasteiger partial charge on any atom is -0.481 e. The van der Waals surface area contributed by atoms with Gasteiger partial charge in [-0.15, -0.1) is 0 Å². The summed E-state index contributed by atoms with van der Waals surface area (Å²) in [6, 6.07) is -6.46. The van der Waals surface area contributed by atoms with Crippen molar-refractivity contribution in [3.8, 4) is 0 Å². The summed E-state index contributed by atoms with van der Waals surface area (Å²) in [6.45, 7) is -0.206. The second-order valence-electron chi connectivity index (χ2n) is 9.74. The average molecular weight is 611 g/mol. The van der Waals surface area contributed by atoms with Crippen molar-refractivity contribution < 1.29 is 44.1 Å². The van der Waals surface area contributed by atoms with Crippen LogP contribution in [0.25, 0.3) is 0 Å². The van der Waals surface area contributed by atoms with Gasteiger partial charge in [-0.2, -0.15) is 0 Å². The Morgan fingerprint density at radius 1 is 0.977 bits per heavy atom. The van der Waals surface area contributed by atoms with Crippen molar-refractivity contribution in [2.24, 2.45) is 16.5 Å². The van der Waals surface area contributed by atoms with Crippen molar-refractivity contribution >= 4 is 41.5 Å². The number of rotatable bonds is 18. The molecular weight excluding hydrogens is 572 g/mol. The number of carbonyl (C=O) groups is 6. The molecule has 1 saturated heterocycles. The summed E-state index contributed by atoms with van der Waals surface area (Å²) < 4.78 is 0. The molecule has 0 radical (unpaired) electrons. The molecular formula is C24H38N10O9. The number of carboxylic acid groups (broad SMARTS) is 2. The summed E-state index contributed by atoms with van der Waals surface area (Å²) in [5.41, 5.74) is 11.1. The fraction of sp³-hybridized carbons (Fsp3) is 0.583. The Morgan fingerprint density at radius 2 is 1.63 bits per heavy atom. The molecule has 0 spiro atoms. The van der Waals surface area contributed by atoms with Crippen molar-refractivity contribution in [2.75, 3.05) is 19.7 Å². The Hall–Kier alpha value is -4.78. The van der Waals surface area contributed by atoms with Gasteiger partial charge >= 0.3 is 11.9 Å². The molecule has 0 aromatic carbocycles. The van der Waals surface area contributed by atoms with Gasteiger partial charge in [-0.1, -0.05) is 0 Å². The molecule has 4 amide bonds. The van der Waals surface area contributed by atoms with Crippen molar-refractivity contribution in [1.82, 2.24) is 36.6 Å². The van der Waals surface area contributed by atoms with E-state index in [2.05, 4.69) is 41.5 Å². The number of carboxylic acids is 2. The van der Waals surface area contributed by atoms with Gasteiger partial charge < -0.3 is 58.4 Å². The van der Waals surface area contributed by atoms with Crippen molar-refractivity contribution in [2.45, 2.75) is 68.7 Å². The zero-order valence-corrected chi connectivity index (χ0v) is 23.2. The van der Waals surface area contributed by atoms with E-state index >= 15 is 0 Å². The fourth-order valence-corrected chi connectivity index (χ4v) is 4.16. The highest BCUT2D eigenvalue weighted by atomic mass is 16.4. The largest absolute Gasteiger partial charge is 0.481 e. The molecule has 1 aliphatic rings. The van der Waals surface area contributed by atoms with Crippen LogP contribution >= 0.6 is 0 Å². The van der Waals surface area contributed by atoms with Gasteiger partial charge in [0.05, 0.1) is 25.4 Å². The molecule has 19 nitrogen and oxygen atoms in total. The zero-order chi connectivity index (χ0) is 31.9. The predicted octanol–water partition coefficient (Wildman–Crippen LogP) is -4.75. The third kappa shape index (κ3) is 11.9. The molecule has 238 valence electrons. The average Bonchev–Trinajstić information content (AvgIpc) is 3.66. The number of carbonyl (C=O) groups excluding carboxylic acids is 4. The molecule has 5 atom stereocenters. The highest BCUT2D eigenvalue weighted by Crippen LogP contribution is 2.07. The normalized spacial score (nSPS) is 17.0. The van der Waals surface area contributed by atoms with Crippen molar-refractivity contribution in [3.05, 3.63) is 18.2 Å². The van der Waals surface area contributed by atoms with E-state index in [1.807, 2.05) is 0 Å². The van der Waals surface area contributed by atoms with Crippen LogP contribution in [-0.4, -0.2) is 117 Å². The Bertz CT molecular complexity index is 1150. The second kappa shape index (κ2) is 17.2. The monoisotopic (exact) mass is 610 g/mol. The second-order valence-corrected chi connectivity index (χ2v) is 9.74. The minimum absolute atomic E-state index is 0.0139. The maximum Gasteiger partial charge on any atom is 0.326 e. The fourth-order valence-electron chi connectivity index (χ4n) is 4.16. The number of nitrogens with two attached hydrogens (primary N) is 2. The van der Waals surface area contributed by atoms with Crippen molar-refractivity contribution in [1.29, 1.82) is 0 Å². The lowest BCUT2D eigenvalue weighted by Crippen LogP contribution is -2.59. The number of imidazole rings is 1. The van der Waals surface area contributed by atoms with Crippen molar-refractivity contribution in [3.63, 3.8) is 0 Å². The lowest BCUT2D eigenvalue weighted by atomic mass is 10.1. The van der Waals surface area contributed by atoms with Crippen LogP contribution in [0, 0.1) is 0 Å². The number of aliphatic imine (C=N–C) groups is 1. The smallest absolute Gasteiger partial charge is 0.326 e. The summed E-state index contributed by atoms with van der Waals surface area (Å²) >= 11 is 0. The predicted molar refractivity (Wildman–Crippen MR) is 148 cm³/mol. The summed E-state index contributed by atoms with van der Waals surface area (Å²) in [5, 5.41) is 40.6. The van der Waals surface area contributed by atoms with Gasteiger partial charge in [-0.05, 0) is 32.2 Å². The van der Waals surface area contributed by atoms with Crippen LogP contribution < -0.4 is 38.1 Å². The molecule has 1 aromatic rings. The van der Waals surface area contributed by atoms with Crippen LogP contribution in [0.15, 0.2) is 17.5 Å². The van der Waals surface area contributed by atoms with E-state index in [0.29, 0.717) is 18.7 Å². The number of guanidine groups is 1. The number of aromatic amines is 1. The third-order valence-electron chi connectivity index (χ3n) is 6.38.